The monoisotopic (exact) mass is 342 g/mol. The fourth-order valence-corrected chi connectivity index (χ4v) is 3.25. The van der Waals surface area contributed by atoms with Crippen LogP contribution in [0.2, 0.25) is 0 Å². The smallest absolute Gasteiger partial charge is 0.178 e. The minimum atomic E-state index is -3.61. The highest BCUT2D eigenvalue weighted by molar-refractivity contribution is 7.90. The van der Waals surface area contributed by atoms with Crippen LogP contribution in [0, 0.1) is 12.7 Å². The van der Waals surface area contributed by atoms with Crippen molar-refractivity contribution in [1.82, 2.24) is 9.97 Å². The Balaban J connectivity index is 2.16. The zero-order chi connectivity index (χ0) is 17.3. The average Bonchev–Trinajstić information content (AvgIpc) is 2.53. The van der Waals surface area contributed by atoms with Crippen LogP contribution < -0.4 is 0 Å². The summed E-state index contributed by atoms with van der Waals surface area (Å²) in [6, 6.07) is 9.67. The Labute approximate surface area is 140 Å². The van der Waals surface area contributed by atoms with Crippen molar-refractivity contribution < 1.29 is 12.8 Å². The minimum absolute atomic E-state index is 0.319. The summed E-state index contributed by atoms with van der Waals surface area (Å²) < 4.78 is 37.3. The van der Waals surface area contributed by atoms with E-state index >= 15 is 0 Å². The van der Waals surface area contributed by atoms with Crippen LogP contribution in [0.15, 0.2) is 59.9 Å². The lowest BCUT2D eigenvalue weighted by Crippen LogP contribution is -2.01. The van der Waals surface area contributed by atoms with Gasteiger partial charge in [-0.1, -0.05) is 12.1 Å². The standard InChI is InChI=1S/C18H15FN2O2S/c1-12-8-14(11-20-10-12)15-4-3-7-21-18(15)13-5-6-17(16(19)9-13)24(2,22)23/h3-11H,1-2H3. The Hall–Kier alpha value is -2.60. The van der Waals surface area contributed by atoms with Gasteiger partial charge in [-0.15, -0.1) is 0 Å². The van der Waals surface area contributed by atoms with Gasteiger partial charge in [0.1, 0.15) is 10.7 Å². The maximum absolute atomic E-state index is 14.2. The second kappa shape index (κ2) is 6.13. The lowest BCUT2D eigenvalue weighted by atomic mass is 10.00. The van der Waals surface area contributed by atoms with E-state index in [1.165, 1.54) is 12.1 Å². The van der Waals surface area contributed by atoms with Crippen LogP contribution in [0.25, 0.3) is 22.4 Å². The molecule has 24 heavy (non-hydrogen) atoms. The SMILES string of the molecule is Cc1cncc(-c2cccnc2-c2ccc(S(C)(=O)=O)c(F)c2)c1. The van der Waals surface area contributed by atoms with Crippen LogP contribution in [-0.4, -0.2) is 24.6 Å². The molecule has 1 aromatic carbocycles. The molecule has 0 amide bonds. The summed E-state index contributed by atoms with van der Waals surface area (Å²) >= 11 is 0. The molecule has 2 heterocycles. The first-order valence-corrected chi connectivity index (χ1v) is 9.12. The van der Waals surface area contributed by atoms with Gasteiger partial charge in [-0.25, -0.2) is 12.8 Å². The first-order chi connectivity index (χ1) is 11.4. The molecule has 0 aliphatic heterocycles. The van der Waals surface area contributed by atoms with E-state index in [4.69, 9.17) is 0 Å². The Bertz CT molecular complexity index is 1020. The first kappa shape index (κ1) is 16.3. The van der Waals surface area contributed by atoms with Crippen LogP contribution in [0.5, 0.6) is 0 Å². The number of nitrogens with zero attached hydrogens (tertiary/aromatic N) is 2. The Morgan fingerprint density at radius 2 is 1.83 bits per heavy atom. The van der Waals surface area contributed by atoms with Gasteiger partial charge in [0.15, 0.2) is 9.84 Å². The number of sulfone groups is 1. The summed E-state index contributed by atoms with van der Waals surface area (Å²) in [5.74, 6) is -0.783. The summed E-state index contributed by atoms with van der Waals surface area (Å²) in [5, 5.41) is 0. The summed E-state index contributed by atoms with van der Waals surface area (Å²) in [6.45, 7) is 1.94. The molecule has 0 atom stereocenters. The van der Waals surface area contributed by atoms with Gasteiger partial charge in [-0.05, 0) is 36.8 Å². The van der Waals surface area contributed by atoms with Crippen LogP contribution >= 0.6 is 0 Å². The highest BCUT2D eigenvalue weighted by Gasteiger charge is 2.16. The van der Waals surface area contributed by atoms with Gasteiger partial charge in [-0.2, -0.15) is 0 Å². The topological polar surface area (TPSA) is 59.9 Å². The van der Waals surface area contributed by atoms with Gasteiger partial charge in [0.2, 0.25) is 0 Å². The largest absolute Gasteiger partial charge is 0.264 e. The van der Waals surface area contributed by atoms with Crippen LogP contribution in [-0.2, 0) is 9.84 Å². The van der Waals surface area contributed by atoms with Gasteiger partial charge in [0.05, 0.1) is 5.69 Å². The second-order valence-corrected chi connectivity index (χ2v) is 7.55. The Morgan fingerprint density at radius 1 is 1.04 bits per heavy atom. The van der Waals surface area contributed by atoms with Crippen molar-refractivity contribution in [3.05, 3.63) is 66.4 Å². The molecular weight excluding hydrogens is 327 g/mol. The minimum Gasteiger partial charge on any atom is -0.264 e. The van der Waals surface area contributed by atoms with Crippen LogP contribution in [0.3, 0.4) is 0 Å². The third kappa shape index (κ3) is 3.19. The normalized spacial score (nSPS) is 11.5. The van der Waals surface area contributed by atoms with Crippen molar-refractivity contribution in [3.63, 3.8) is 0 Å². The number of pyridine rings is 2. The maximum atomic E-state index is 14.2. The number of hydrogen-bond acceptors (Lipinski definition) is 4. The lowest BCUT2D eigenvalue weighted by molar-refractivity contribution is 0.571. The molecule has 0 saturated heterocycles. The van der Waals surface area contributed by atoms with E-state index in [-0.39, 0.29) is 4.90 Å². The summed E-state index contributed by atoms with van der Waals surface area (Å²) in [4.78, 5) is 8.20. The molecule has 0 bridgehead atoms. The van der Waals surface area contributed by atoms with E-state index in [0.717, 1.165) is 22.9 Å². The first-order valence-electron chi connectivity index (χ1n) is 7.23. The predicted octanol–water partition coefficient (Wildman–Crippen LogP) is 3.66. The lowest BCUT2D eigenvalue weighted by Gasteiger charge is -2.10. The van der Waals surface area contributed by atoms with E-state index in [9.17, 15) is 12.8 Å². The van der Waals surface area contributed by atoms with Gasteiger partial charge in [-0.3, -0.25) is 9.97 Å². The zero-order valence-electron chi connectivity index (χ0n) is 13.2. The average molecular weight is 342 g/mol. The van der Waals surface area contributed by atoms with Crippen molar-refractivity contribution in [2.75, 3.05) is 6.26 Å². The van der Waals surface area contributed by atoms with E-state index in [2.05, 4.69) is 9.97 Å². The number of aromatic nitrogens is 2. The molecule has 2 aromatic heterocycles. The molecule has 0 unspecified atom stereocenters. The van der Waals surface area contributed by atoms with Crippen molar-refractivity contribution in [2.45, 2.75) is 11.8 Å². The van der Waals surface area contributed by atoms with E-state index in [0.29, 0.717) is 11.3 Å². The van der Waals surface area contributed by atoms with Crippen LogP contribution in [0.1, 0.15) is 5.56 Å². The molecule has 3 aromatic rings. The van der Waals surface area contributed by atoms with Gasteiger partial charge >= 0.3 is 0 Å². The highest BCUT2D eigenvalue weighted by atomic mass is 32.2. The molecule has 0 N–H and O–H groups in total. The van der Waals surface area contributed by atoms with Crippen molar-refractivity contribution >= 4 is 9.84 Å². The molecule has 0 radical (unpaired) electrons. The molecule has 0 aliphatic rings. The van der Waals surface area contributed by atoms with Crippen molar-refractivity contribution in [3.8, 4) is 22.4 Å². The number of aryl methyl sites for hydroxylation is 1. The van der Waals surface area contributed by atoms with E-state index in [1.54, 1.807) is 30.7 Å². The van der Waals surface area contributed by atoms with Crippen molar-refractivity contribution in [2.24, 2.45) is 0 Å². The number of hydrogen-bond donors (Lipinski definition) is 0. The molecule has 0 fully saturated rings. The van der Waals surface area contributed by atoms with Gasteiger partial charge in [0.25, 0.3) is 0 Å². The molecule has 4 nitrogen and oxygen atoms in total. The maximum Gasteiger partial charge on any atom is 0.178 e. The number of benzene rings is 1. The molecule has 0 saturated carbocycles. The predicted molar refractivity (Wildman–Crippen MR) is 90.7 cm³/mol. The number of rotatable bonds is 3. The third-order valence-corrected chi connectivity index (χ3v) is 4.73. The quantitative estimate of drug-likeness (QED) is 0.729. The van der Waals surface area contributed by atoms with E-state index in [1.807, 2.05) is 19.1 Å². The summed E-state index contributed by atoms with van der Waals surface area (Å²) in [6.07, 6.45) is 6.06. The number of halogens is 1. The van der Waals surface area contributed by atoms with Gasteiger partial charge in [0, 0.05) is 41.5 Å². The molecule has 122 valence electrons. The molecule has 6 heteroatoms. The zero-order valence-corrected chi connectivity index (χ0v) is 14.0. The summed E-state index contributed by atoms with van der Waals surface area (Å²) in [7, 11) is -3.61. The highest BCUT2D eigenvalue weighted by Crippen LogP contribution is 2.31. The molecule has 0 aliphatic carbocycles. The van der Waals surface area contributed by atoms with Crippen molar-refractivity contribution in [1.29, 1.82) is 0 Å². The van der Waals surface area contributed by atoms with E-state index < -0.39 is 15.7 Å². The third-order valence-electron chi connectivity index (χ3n) is 3.60. The Kier molecular flexibility index (Phi) is 4.15. The fourth-order valence-electron chi connectivity index (χ4n) is 2.52. The van der Waals surface area contributed by atoms with Gasteiger partial charge < -0.3 is 0 Å². The van der Waals surface area contributed by atoms with Crippen LogP contribution in [0.4, 0.5) is 4.39 Å². The summed E-state index contributed by atoms with van der Waals surface area (Å²) in [5.41, 5.74) is 3.76. The molecular formula is C18H15FN2O2S. The fraction of sp³-hybridized carbons (Fsp3) is 0.111. The molecule has 0 spiro atoms. The molecule has 3 rings (SSSR count). The second-order valence-electron chi connectivity index (χ2n) is 5.57. The Morgan fingerprint density at radius 3 is 2.50 bits per heavy atom.